The zero-order chi connectivity index (χ0) is 18.1. The van der Waals surface area contributed by atoms with E-state index in [0.717, 1.165) is 11.8 Å². The maximum Gasteiger partial charge on any atom is 0.150 e. The second-order valence-electron chi connectivity index (χ2n) is 7.26. The van der Waals surface area contributed by atoms with Crippen LogP contribution in [-0.2, 0) is 0 Å². The van der Waals surface area contributed by atoms with Gasteiger partial charge in [-0.2, -0.15) is 0 Å². The third-order valence-corrected chi connectivity index (χ3v) is 5.85. The summed E-state index contributed by atoms with van der Waals surface area (Å²) in [4.78, 5) is 10.8. The van der Waals surface area contributed by atoms with Gasteiger partial charge in [0.2, 0.25) is 0 Å². The van der Waals surface area contributed by atoms with Crippen LogP contribution < -0.4 is 0 Å². The monoisotopic (exact) mass is 330 g/mol. The maximum atomic E-state index is 10.8. The molecule has 0 fully saturated rings. The molecule has 0 saturated heterocycles. The third-order valence-electron chi connectivity index (χ3n) is 5.85. The van der Waals surface area contributed by atoms with Gasteiger partial charge in [-0.1, -0.05) is 73.5 Å². The number of fused-ring (bicyclic) bond motifs is 1. The fraction of sp³-hybridized carbons (Fsp3) is 0.292. The first-order valence-electron chi connectivity index (χ1n) is 8.97. The number of hydrogen-bond donors (Lipinski definition) is 0. The first kappa shape index (κ1) is 17.4. The summed E-state index contributed by atoms with van der Waals surface area (Å²) in [5.41, 5.74) is 10.3. The van der Waals surface area contributed by atoms with Crippen LogP contribution in [0.4, 0.5) is 0 Å². The number of rotatable bonds is 3. The summed E-state index contributed by atoms with van der Waals surface area (Å²) in [5.74, 6) is 0.978. The summed E-state index contributed by atoms with van der Waals surface area (Å²) >= 11 is 0. The molecular formula is C24H26O. The van der Waals surface area contributed by atoms with E-state index < -0.39 is 0 Å². The van der Waals surface area contributed by atoms with Crippen molar-refractivity contribution in [3.8, 4) is 0 Å². The normalized spacial score (nSPS) is 20.4. The fourth-order valence-electron chi connectivity index (χ4n) is 3.74. The molecule has 2 aromatic carbocycles. The Bertz CT molecular complexity index is 865. The van der Waals surface area contributed by atoms with E-state index in [-0.39, 0.29) is 0 Å². The Morgan fingerprint density at radius 2 is 1.40 bits per heavy atom. The molecule has 2 aromatic rings. The standard InChI is InChI=1S/C24H26O/c1-15(12-20-6-8-21(14-25)9-7-20)22-10-11-23-18(4)16(2)17(3)19(5)24(23)13-22/h6-14,18-19H,1-5H3/b15-12+. The van der Waals surface area contributed by atoms with Crippen LogP contribution >= 0.6 is 0 Å². The van der Waals surface area contributed by atoms with Crippen molar-refractivity contribution in [1.29, 1.82) is 0 Å². The van der Waals surface area contributed by atoms with E-state index in [4.69, 9.17) is 0 Å². The van der Waals surface area contributed by atoms with E-state index in [9.17, 15) is 4.79 Å². The molecule has 128 valence electrons. The summed E-state index contributed by atoms with van der Waals surface area (Å²) in [5, 5.41) is 0. The van der Waals surface area contributed by atoms with E-state index in [0.29, 0.717) is 17.4 Å². The van der Waals surface area contributed by atoms with Crippen molar-refractivity contribution in [2.24, 2.45) is 0 Å². The number of benzene rings is 2. The number of aldehydes is 1. The van der Waals surface area contributed by atoms with Gasteiger partial charge in [-0.15, -0.1) is 0 Å². The van der Waals surface area contributed by atoms with Gasteiger partial charge in [0.15, 0.2) is 0 Å². The predicted octanol–water partition coefficient (Wildman–Crippen LogP) is 6.62. The van der Waals surface area contributed by atoms with Gasteiger partial charge in [0, 0.05) is 17.4 Å². The van der Waals surface area contributed by atoms with Gasteiger partial charge in [-0.05, 0) is 48.6 Å². The zero-order valence-corrected chi connectivity index (χ0v) is 15.8. The van der Waals surface area contributed by atoms with Crippen molar-refractivity contribution >= 4 is 17.9 Å². The molecule has 1 aliphatic carbocycles. The fourth-order valence-corrected chi connectivity index (χ4v) is 3.74. The summed E-state index contributed by atoms with van der Waals surface area (Å²) in [6.45, 7) is 11.3. The molecule has 0 heterocycles. The molecule has 3 rings (SSSR count). The Kier molecular flexibility index (Phi) is 4.76. The molecule has 0 amide bonds. The smallest absolute Gasteiger partial charge is 0.150 e. The molecule has 25 heavy (non-hydrogen) atoms. The average Bonchev–Trinajstić information content (AvgIpc) is 2.64. The Balaban J connectivity index is 1.97. The molecule has 0 bridgehead atoms. The lowest BCUT2D eigenvalue weighted by atomic mass is 9.74. The average molecular weight is 330 g/mol. The number of allylic oxidation sites excluding steroid dienone is 3. The van der Waals surface area contributed by atoms with Gasteiger partial charge < -0.3 is 0 Å². The molecule has 2 unspecified atom stereocenters. The predicted molar refractivity (Wildman–Crippen MR) is 107 cm³/mol. The van der Waals surface area contributed by atoms with Gasteiger partial charge in [-0.25, -0.2) is 0 Å². The minimum Gasteiger partial charge on any atom is -0.298 e. The van der Waals surface area contributed by atoms with E-state index in [1.165, 1.54) is 33.4 Å². The quantitative estimate of drug-likeness (QED) is 0.351. The first-order chi connectivity index (χ1) is 11.9. The van der Waals surface area contributed by atoms with Gasteiger partial charge in [0.05, 0.1) is 0 Å². The van der Waals surface area contributed by atoms with E-state index in [1.807, 2.05) is 24.3 Å². The SMILES string of the molecule is CC1=C(C)C(C)c2cc(/C(C)=C/c3ccc(C=O)cc3)ccc2C1C. The molecule has 0 saturated carbocycles. The van der Waals surface area contributed by atoms with Crippen molar-refractivity contribution in [3.05, 3.63) is 81.4 Å². The number of carbonyl (C=O) groups is 1. The highest BCUT2D eigenvalue weighted by atomic mass is 16.1. The van der Waals surface area contributed by atoms with Gasteiger partial charge in [0.1, 0.15) is 6.29 Å². The van der Waals surface area contributed by atoms with Crippen LogP contribution in [0.1, 0.15) is 79.1 Å². The lowest BCUT2D eigenvalue weighted by Crippen LogP contribution is -2.13. The molecule has 2 atom stereocenters. The third kappa shape index (κ3) is 3.24. The molecule has 1 aliphatic rings. The molecule has 0 aromatic heterocycles. The van der Waals surface area contributed by atoms with Crippen molar-refractivity contribution in [3.63, 3.8) is 0 Å². The van der Waals surface area contributed by atoms with E-state index in [1.54, 1.807) is 0 Å². The van der Waals surface area contributed by atoms with Crippen LogP contribution in [0.2, 0.25) is 0 Å². The molecule has 0 aliphatic heterocycles. The van der Waals surface area contributed by atoms with Crippen LogP contribution in [0.3, 0.4) is 0 Å². The number of hydrogen-bond acceptors (Lipinski definition) is 1. The molecule has 0 radical (unpaired) electrons. The van der Waals surface area contributed by atoms with Crippen LogP contribution in [0.15, 0.2) is 53.6 Å². The Morgan fingerprint density at radius 3 is 2.00 bits per heavy atom. The second kappa shape index (κ2) is 6.84. The van der Waals surface area contributed by atoms with Gasteiger partial charge in [0.25, 0.3) is 0 Å². The Hall–Kier alpha value is -2.41. The van der Waals surface area contributed by atoms with Crippen LogP contribution in [-0.4, -0.2) is 6.29 Å². The van der Waals surface area contributed by atoms with E-state index >= 15 is 0 Å². The molecule has 0 spiro atoms. The minimum absolute atomic E-state index is 0.478. The topological polar surface area (TPSA) is 17.1 Å². The zero-order valence-electron chi connectivity index (χ0n) is 15.8. The Morgan fingerprint density at radius 1 is 0.840 bits per heavy atom. The van der Waals surface area contributed by atoms with Gasteiger partial charge in [-0.3, -0.25) is 4.79 Å². The summed E-state index contributed by atoms with van der Waals surface area (Å²) in [6.07, 6.45) is 3.06. The second-order valence-corrected chi connectivity index (χ2v) is 7.26. The van der Waals surface area contributed by atoms with Crippen LogP contribution in [0.25, 0.3) is 11.6 Å². The molecule has 1 nitrogen and oxygen atoms in total. The van der Waals surface area contributed by atoms with Gasteiger partial charge >= 0.3 is 0 Å². The van der Waals surface area contributed by atoms with Crippen molar-refractivity contribution < 1.29 is 4.79 Å². The largest absolute Gasteiger partial charge is 0.298 e. The van der Waals surface area contributed by atoms with Crippen LogP contribution in [0, 0.1) is 0 Å². The molecule has 0 N–H and O–H groups in total. The highest BCUT2D eigenvalue weighted by molar-refractivity contribution is 5.82. The lowest BCUT2D eigenvalue weighted by Gasteiger charge is -2.31. The Labute approximate surface area is 151 Å². The van der Waals surface area contributed by atoms with Crippen molar-refractivity contribution in [2.75, 3.05) is 0 Å². The summed E-state index contributed by atoms with van der Waals surface area (Å²) < 4.78 is 0. The maximum absolute atomic E-state index is 10.8. The first-order valence-corrected chi connectivity index (χ1v) is 8.97. The molecule has 1 heteroatoms. The molecular weight excluding hydrogens is 304 g/mol. The summed E-state index contributed by atoms with van der Waals surface area (Å²) in [6, 6.07) is 14.6. The van der Waals surface area contributed by atoms with Crippen LogP contribution in [0.5, 0.6) is 0 Å². The van der Waals surface area contributed by atoms with Crippen molar-refractivity contribution in [2.45, 2.75) is 46.5 Å². The summed E-state index contributed by atoms with van der Waals surface area (Å²) in [7, 11) is 0. The van der Waals surface area contributed by atoms with Crippen molar-refractivity contribution in [1.82, 2.24) is 0 Å². The number of carbonyl (C=O) groups excluding carboxylic acids is 1. The lowest BCUT2D eigenvalue weighted by molar-refractivity contribution is 0.112. The highest BCUT2D eigenvalue weighted by Gasteiger charge is 2.25. The minimum atomic E-state index is 0.478. The van der Waals surface area contributed by atoms with E-state index in [2.05, 4.69) is 58.9 Å². The highest BCUT2D eigenvalue weighted by Crippen LogP contribution is 2.42.